The summed E-state index contributed by atoms with van der Waals surface area (Å²) in [6, 6.07) is 0. The molecule has 0 spiro atoms. The molecule has 0 amide bonds. The monoisotopic (exact) mass is 816 g/mol. The zero-order valence-electron chi connectivity index (χ0n) is 18.0. The molecule has 6 radical (unpaired) electrons. The van der Waals surface area contributed by atoms with E-state index < -0.39 is 31.2 Å². The minimum atomic E-state index is -5.17. The zero-order valence-corrected chi connectivity index (χ0v) is 36.0. The van der Waals surface area contributed by atoms with Gasteiger partial charge >= 0.3 is 226 Å². The van der Waals surface area contributed by atoms with E-state index in [4.69, 9.17) is 52.6 Å². The van der Waals surface area contributed by atoms with Gasteiger partial charge < -0.3 is 98.5 Å². The van der Waals surface area contributed by atoms with E-state index in [2.05, 4.69) is 0 Å². The van der Waals surface area contributed by atoms with Crippen LogP contribution in [-0.2, 0) is 31.2 Å². The van der Waals surface area contributed by atoms with Crippen LogP contribution in [0.3, 0.4) is 0 Å². The van der Waals surface area contributed by atoms with Crippen LogP contribution in [0.2, 0.25) is 0 Å². The van der Waals surface area contributed by atoms with Crippen molar-refractivity contribution >= 4 is 292 Å². The fourth-order valence-corrected chi connectivity index (χ4v) is 0. The Balaban J connectivity index is -0.00000000211. The molecule has 0 unspecified atom stereocenters. The molecule has 0 aromatic carbocycles. The quantitative estimate of drug-likeness (QED) is 0.125. The van der Waals surface area contributed by atoms with Gasteiger partial charge in [0.2, 0.25) is 0 Å². The van der Waals surface area contributed by atoms with Gasteiger partial charge in [0.1, 0.15) is 0 Å². The fourth-order valence-electron chi connectivity index (χ4n) is 0. The summed E-state index contributed by atoms with van der Waals surface area (Å²) in [5.74, 6) is 0. The summed E-state index contributed by atoms with van der Waals surface area (Å²) in [6.07, 6.45) is 0. The molecule has 0 atom stereocenters. The third-order valence-electron chi connectivity index (χ3n) is 0. The van der Waals surface area contributed by atoms with Crippen molar-refractivity contribution < 1.29 is 124 Å². The van der Waals surface area contributed by atoms with E-state index >= 15 is 0 Å². The van der Waals surface area contributed by atoms with Gasteiger partial charge in [0.25, 0.3) is 0 Å². The van der Waals surface area contributed by atoms with Crippen LogP contribution in [0.4, 0.5) is 0 Å². The van der Waals surface area contributed by atoms with Crippen LogP contribution in [-0.4, -0.2) is 385 Å². The first-order valence-corrected chi connectivity index (χ1v) is 6.00. The molecule has 206 valence electrons. The predicted molar refractivity (Wildman–Crippen MR) is 124 cm³/mol. The van der Waals surface area contributed by atoms with Crippen molar-refractivity contribution in [2.45, 2.75) is 0 Å². The van der Waals surface area contributed by atoms with E-state index in [0.29, 0.717) is 0 Å². The van der Waals surface area contributed by atoms with Crippen molar-refractivity contribution in [3.63, 3.8) is 0 Å². The van der Waals surface area contributed by atoms with E-state index in [0.717, 1.165) is 0 Å². The van der Waals surface area contributed by atoms with E-state index in [1.165, 1.54) is 0 Å². The fraction of sp³-hybridized carbons (Fsp3) is 0. The first-order chi connectivity index (χ1) is 6.00. The molecular weight excluding hydrogens is 791 g/mol. The molecule has 25 nitrogen and oxygen atoms in total. The summed E-state index contributed by atoms with van der Waals surface area (Å²) < 4.78 is 102. The summed E-state index contributed by atoms with van der Waals surface area (Å²) in [4.78, 5) is 0. The van der Waals surface area contributed by atoms with Gasteiger partial charge in [-0.15, -0.1) is 0 Å². The van der Waals surface area contributed by atoms with Gasteiger partial charge in [0.05, 0.1) is 0 Å². The second kappa shape index (κ2) is 112. The van der Waals surface area contributed by atoms with E-state index in [9.17, 15) is 0 Å². The number of hydrogen-bond donors (Lipinski definition) is 0. The van der Waals surface area contributed by atoms with Crippen molar-refractivity contribution in [2.75, 3.05) is 0 Å². The first-order valence-electron chi connectivity index (χ1n) is 2.00. The Bertz CT molecular complexity index is 369. The van der Waals surface area contributed by atoms with Gasteiger partial charge in [0, 0.05) is 65.9 Å². The van der Waals surface area contributed by atoms with Crippen molar-refractivity contribution in [1.29, 1.82) is 0 Å². The van der Waals surface area contributed by atoms with E-state index in [-0.39, 0.29) is 332 Å². The SMILES string of the molecule is O.O.O.O.O.O.O.O.O.O.O.O.O.O=S(=O)([O-])[O-].O=S(=O)([O-])[O-].O=S(=O)([O-])[O-].[Al].[Al].[Ca+2].[Ca+2].[Ca+2].[Ca+2].[Ca+2].[Ca+2]. The molecule has 0 bridgehead atoms. The zero-order chi connectivity index (χ0) is 13.5. The van der Waals surface area contributed by atoms with Crippen LogP contribution < -0.4 is 0 Å². The Morgan fingerprint density at radius 1 is 0.250 bits per heavy atom. The summed E-state index contributed by atoms with van der Waals surface area (Å²) >= 11 is 0. The molecule has 0 heterocycles. The molecule has 0 fully saturated rings. The molecule has 26 N–H and O–H groups in total. The van der Waals surface area contributed by atoms with Crippen LogP contribution in [0.5, 0.6) is 0 Å². The predicted octanol–water partition coefficient (Wildman–Crippen LogP) is -17.8. The summed E-state index contributed by atoms with van der Waals surface area (Å²) in [7, 11) is -15.5. The molecule has 0 saturated heterocycles. The molecule has 0 aliphatic heterocycles. The van der Waals surface area contributed by atoms with Crippen LogP contribution in [0, 0.1) is 0 Å². The van der Waals surface area contributed by atoms with Gasteiger partial charge in [-0.1, -0.05) is 0 Å². The Morgan fingerprint density at radius 2 is 0.250 bits per heavy atom. The van der Waals surface area contributed by atoms with Crippen LogP contribution in [0.25, 0.3) is 0 Å². The molecule has 0 aliphatic rings. The van der Waals surface area contributed by atoms with Gasteiger partial charge in [-0.3, -0.25) is 25.3 Å². The topological polar surface area (TPSA) is 650 Å². The van der Waals surface area contributed by atoms with Crippen molar-refractivity contribution in [3.05, 3.63) is 0 Å². The largest absolute Gasteiger partial charge is 2.00 e. The standard InChI is InChI=1S/2Al.6Ca.3H2O4S.13H2O/c;;;;;;;;3*1-5(2,3)4;;;;;;;;;;;;;/h;;;;;;;;3*(H2,1,2,3,4);13*1H2/q;;6*+2;;;;;;;;;;;;;;;;/p-6. The average molecular weight is 817 g/mol. The third kappa shape index (κ3) is 1160. The molecule has 0 rings (SSSR count). The Labute approximate surface area is 406 Å². The molecule has 0 saturated carbocycles. The minimum Gasteiger partial charge on any atom is -0.759 e. The second-order valence-electron chi connectivity index (χ2n) is 1.22. The average Bonchev–Trinajstić information content (AvgIpc) is 1.41. The van der Waals surface area contributed by atoms with Gasteiger partial charge in [0.15, 0.2) is 0 Å². The molecule has 36 heavy (non-hydrogen) atoms. The Morgan fingerprint density at radius 3 is 0.250 bits per heavy atom. The smallest absolute Gasteiger partial charge is 0.759 e. The molecular formula is H26Al2Ca6O25S3+6. The Kier molecular flexibility index (Phi) is 641. The summed E-state index contributed by atoms with van der Waals surface area (Å²) in [5, 5.41) is 0. The maximum absolute atomic E-state index is 8.52. The first kappa shape index (κ1) is 205. The van der Waals surface area contributed by atoms with Crippen LogP contribution >= 0.6 is 0 Å². The van der Waals surface area contributed by atoms with E-state index in [1.807, 2.05) is 0 Å². The van der Waals surface area contributed by atoms with Gasteiger partial charge in [-0.25, -0.2) is 0 Å². The maximum atomic E-state index is 8.52. The molecule has 36 heteroatoms. The normalized spacial score (nSPS) is 4.83. The van der Waals surface area contributed by atoms with Gasteiger partial charge in [-0.2, -0.15) is 0 Å². The number of rotatable bonds is 0. The summed E-state index contributed by atoms with van der Waals surface area (Å²) in [6.45, 7) is 0. The molecule has 0 aliphatic carbocycles. The summed E-state index contributed by atoms with van der Waals surface area (Å²) in [5.41, 5.74) is 0. The molecule has 0 aromatic rings. The van der Waals surface area contributed by atoms with Crippen molar-refractivity contribution in [3.8, 4) is 0 Å². The maximum Gasteiger partial charge on any atom is 2.00 e. The minimum absolute atomic E-state index is 0. The van der Waals surface area contributed by atoms with Crippen LogP contribution in [0.1, 0.15) is 0 Å². The number of hydrogen-bond acceptors (Lipinski definition) is 12. The third-order valence-corrected chi connectivity index (χ3v) is 0. The van der Waals surface area contributed by atoms with E-state index in [1.54, 1.807) is 0 Å². The molecule has 0 aromatic heterocycles. The van der Waals surface area contributed by atoms with Crippen LogP contribution in [0.15, 0.2) is 0 Å². The van der Waals surface area contributed by atoms with Gasteiger partial charge in [-0.05, 0) is 0 Å². The van der Waals surface area contributed by atoms with Crippen molar-refractivity contribution in [2.24, 2.45) is 0 Å². The Hall–Kier alpha value is 7.71. The second-order valence-corrected chi connectivity index (χ2v) is 3.67. The van der Waals surface area contributed by atoms with Crippen molar-refractivity contribution in [1.82, 2.24) is 0 Å².